The van der Waals surface area contributed by atoms with E-state index in [9.17, 15) is 9.59 Å². The highest BCUT2D eigenvalue weighted by atomic mass is 16.7. The molecule has 2 amide bonds. The van der Waals surface area contributed by atoms with E-state index in [1.54, 1.807) is 18.2 Å². The topological polar surface area (TPSA) is 89.0 Å². The Kier molecular flexibility index (Phi) is 3.72. The molecule has 0 saturated carbocycles. The van der Waals surface area contributed by atoms with Crippen LogP contribution in [0.1, 0.15) is 18.4 Å². The van der Waals surface area contributed by atoms with Gasteiger partial charge in [0.05, 0.1) is 6.21 Å². The lowest BCUT2D eigenvalue weighted by atomic mass is 9.98. The number of hydrogen-bond donors (Lipinski definition) is 2. The number of benzene rings is 1. The molecule has 0 aromatic heterocycles. The summed E-state index contributed by atoms with van der Waals surface area (Å²) < 4.78 is 10.5. The number of rotatable bonds is 3. The van der Waals surface area contributed by atoms with Crippen LogP contribution in [0.2, 0.25) is 0 Å². The number of amides is 2. The van der Waals surface area contributed by atoms with Crippen LogP contribution in [0.15, 0.2) is 23.3 Å². The van der Waals surface area contributed by atoms with E-state index in [1.165, 1.54) is 6.21 Å². The number of piperidine rings is 1. The standard InChI is InChI=1S/C14H15N3O4/c18-13-10(2-1-5-15-13)14(19)17-16-7-9-3-4-11-12(6-9)21-8-20-11/h3-4,6-7,10H,1-2,5,8H2,(H,15,18)(H,17,19)/b16-7-/t10-/m1/s1. The molecule has 3 rings (SSSR count). The normalized spacial score (nSPS) is 20.4. The zero-order chi connectivity index (χ0) is 14.7. The summed E-state index contributed by atoms with van der Waals surface area (Å²) in [7, 11) is 0. The number of carbonyl (C=O) groups excluding carboxylic acids is 2. The van der Waals surface area contributed by atoms with Crippen molar-refractivity contribution in [2.45, 2.75) is 12.8 Å². The smallest absolute Gasteiger partial charge is 0.252 e. The first-order valence-corrected chi connectivity index (χ1v) is 6.74. The molecule has 1 saturated heterocycles. The Bertz CT molecular complexity index is 600. The lowest BCUT2D eigenvalue weighted by Gasteiger charge is -2.19. The predicted molar refractivity (Wildman–Crippen MR) is 74.0 cm³/mol. The first-order chi connectivity index (χ1) is 10.2. The molecule has 0 radical (unpaired) electrons. The van der Waals surface area contributed by atoms with Crippen molar-refractivity contribution in [3.8, 4) is 11.5 Å². The molecule has 0 unspecified atom stereocenters. The minimum atomic E-state index is -0.660. The van der Waals surface area contributed by atoms with Gasteiger partial charge in [0.2, 0.25) is 12.7 Å². The van der Waals surface area contributed by atoms with Crippen molar-refractivity contribution in [1.29, 1.82) is 0 Å². The fourth-order valence-corrected chi connectivity index (χ4v) is 2.26. The van der Waals surface area contributed by atoms with Crippen LogP contribution < -0.4 is 20.2 Å². The van der Waals surface area contributed by atoms with Crippen molar-refractivity contribution < 1.29 is 19.1 Å². The van der Waals surface area contributed by atoms with Crippen molar-refractivity contribution in [3.63, 3.8) is 0 Å². The molecule has 0 bridgehead atoms. The van der Waals surface area contributed by atoms with Gasteiger partial charge in [-0.1, -0.05) is 0 Å². The maximum absolute atomic E-state index is 11.9. The Labute approximate surface area is 121 Å². The SMILES string of the molecule is O=C1NCCC[C@H]1C(=O)N/N=C\c1ccc2c(c1)OCO2. The van der Waals surface area contributed by atoms with E-state index < -0.39 is 5.92 Å². The van der Waals surface area contributed by atoms with Gasteiger partial charge in [-0.15, -0.1) is 0 Å². The maximum Gasteiger partial charge on any atom is 0.252 e. The lowest BCUT2D eigenvalue weighted by Crippen LogP contribution is -2.43. The fourth-order valence-electron chi connectivity index (χ4n) is 2.26. The summed E-state index contributed by atoms with van der Waals surface area (Å²) in [5.74, 6) is 0.0564. The summed E-state index contributed by atoms with van der Waals surface area (Å²) in [6.45, 7) is 0.840. The highest BCUT2D eigenvalue weighted by Crippen LogP contribution is 2.31. The van der Waals surface area contributed by atoms with Crippen molar-refractivity contribution in [2.75, 3.05) is 13.3 Å². The van der Waals surface area contributed by atoms with Crippen LogP contribution in [-0.2, 0) is 9.59 Å². The molecule has 1 aromatic rings. The Morgan fingerprint density at radius 3 is 3.10 bits per heavy atom. The van der Waals surface area contributed by atoms with Crippen molar-refractivity contribution in [3.05, 3.63) is 23.8 Å². The van der Waals surface area contributed by atoms with E-state index in [0.717, 1.165) is 12.0 Å². The summed E-state index contributed by atoms with van der Waals surface area (Å²) in [6.07, 6.45) is 2.85. The van der Waals surface area contributed by atoms with Gasteiger partial charge in [0.15, 0.2) is 11.5 Å². The largest absolute Gasteiger partial charge is 0.454 e. The van der Waals surface area contributed by atoms with Crippen LogP contribution in [0.4, 0.5) is 0 Å². The zero-order valence-electron chi connectivity index (χ0n) is 11.3. The third-order valence-corrected chi connectivity index (χ3v) is 3.39. The third-order valence-electron chi connectivity index (χ3n) is 3.39. The first kappa shape index (κ1) is 13.4. The molecule has 2 aliphatic rings. The van der Waals surface area contributed by atoms with Gasteiger partial charge in [-0.25, -0.2) is 5.43 Å². The minimum absolute atomic E-state index is 0.212. The third kappa shape index (κ3) is 2.96. The van der Waals surface area contributed by atoms with Crippen LogP contribution in [0, 0.1) is 5.92 Å². The molecule has 1 atom stereocenters. The van der Waals surface area contributed by atoms with Crippen molar-refractivity contribution in [1.82, 2.24) is 10.7 Å². The van der Waals surface area contributed by atoms with Gasteiger partial charge in [-0.3, -0.25) is 9.59 Å². The van der Waals surface area contributed by atoms with Crippen LogP contribution in [0.3, 0.4) is 0 Å². The quantitative estimate of drug-likeness (QED) is 0.478. The number of hydrazone groups is 1. The first-order valence-electron chi connectivity index (χ1n) is 6.74. The average Bonchev–Trinajstić information content (AvgIpc) is 2.95. The minimum Gasteiger partial charge on any atom is -0.454 e. The number of nitrogens with zero attached hydrogens (tertiary/aromatic N) is 1. The van der Waals surface area contributed by atoms with Gasteiger partial charge in [0, 0.05) is 6.54 Å². The van der Waals surface area contributed by atoms with Gasteiger partial charge >= 0.3 is 0 Å². The Morgan fingerprint density at radius 1 is 1.38 bits per heavy atom. The van der Waals surface area contributed by atoms with Gasteiger partial charge in [0.25, 0.3) is 5.91 Å². The number of nitrogens with one attached hydrogen (secondary N) is 2. The predicted octanol–water partition coefficient (Wildman–Crippen LogP) is 0.392. The summed E-state index contributed by atoms with van der Waals surface area (Å²) in [4.78, 5) is 23.4. The molecule has 1 aromatic carbocycles. The molecule has 0 aliphatic carbocycles. The molecule has 21 heavy (non-hydrogen) atoms. The van der Waals surface area contributed by atoms with Crippen LogP contribution in [0.5, 0.6) is 11.5 Å². The second kappa shape index (κ2) is 5.82. The molecule has 1 fully saturated rings. The van der Waals surface area contributed by atoms with Crippen LogP contribution in [0.25, 0.3) is 0 Å². The van der Waals surface area contributed by atoms with E-state index in [0.29, 0.717) is 24.5 Å². The molecular formula is C14H15N3O4. The molecule has 7 heteroatoms. The van der Waals surface area contributed by atoms with E-state index in [4.69, 9.17) is 9.47 Å². The molecule has 2 aliphatic heterocycles. The Hall–Kier alpha value is -2.57. The van der Waals surface area contributed by atoms with Crippen molar-refractivity contribution in [2.24, 2.45) is 11.0 Å². The Morgan fingerprint density at radius 2 is 2.24 bits per heavy atom. The summed E-state index contributed by atoms with van der Waals surface area (Å²) in [5.41, 5.74) is 3.17. The highest BCUT2D eigenvalue weighted by Gasteiger charge is 2.28. The number of ether oxygens (including phenoxy) is 2. The average molecular weight is 289 g/mol. The zero-order valence-corrected chi connectivity index (χ0v) is 11.3. The molecule has 110 valence electrons. The maximum atomic E-state index is 11.9. The molecule has 2 heterocycles. The summed E-state index contributed by atoms with van der Waals surface area (Å²) in [5, 5.41) is 6.54. The summed E-state index contributed by atoms with van der Waals surface area (Å²) >= 11 is 0. The van der Waals surface area contributed by atoms with Crippen LogP contribution >= 0.6 is 0 Å². The van der Waals surface area contributed by atoms with Crippen LogP contribution in [-0.4, -0.2) is 31.4 Å². The van der Waals surface area contributed by atoms with Gasteiger partial charge in [-0.05, 0) is 36.6 Å². The van der Waals surface area contributed by atoms with E-state index in [2.05, 4.69) is 15.8 Å². The summed E-state index contributed by atoms with van der Waals surface area (Å²) in [6, 6.07) is 5.35. The number of fused-ring (bicyclic) bond motifs is 1. The van der Waals surface area contributed by atoms with E-state index >= 15 is 0 Å². The molecule has 2 N–H and O–H groups in total. The lowest BCUT2D eigenvalue weighted by molar-refractivity contribution is -0.136. The molecule has 7 nitrogen and oxygen atoms in total. The molecule has 0 spiro atoms. The van der Waals surface area contributed by atoms with Crippen molar-refractivity contribution >= 4 is 18.0 Å². The second-order valence-electron chi connectivity index (χ2n) is 4.83. The second-order valence-corrected chi connectivity index (χ2v) is 4.83. The van der Waals surface area contributed by atoms with E-state index in [1.807, 2.05) is 0 Å². The van der Waals surface area contributed by atoms with Gasteiger partial charge in [0.1, 0.15) is 5.92 Å². The fraction of sp³-hybridized carbons (Fsp3) is 0.357. The highest BCUT2D eigenvalue weighted by molar-refractivity contribution is 6.00. The monoisotopic (exact) mass is 289 g/mol. The number of carbonyl (C=O) groups is 2. The number of hydrogen-bond acceptors (Lipinski definition) is 5. The van der Waals surface area contributed by atoms with Gasteiger partial charge in [-0.2, -0.15) is 5.10 Å². The molecular weight excluding hydrogens is 274 g/mol. The Balaban J connectivity index is 1.59. The van der Waals surface area contributed by atoms with E-state index in [-0.39, 0.29) is 18.6 Å². The van der Waals surface area contributed by atoms with Gasteiger partial charge < -0.3 is 14.8 Å².